The summed E-state index contributed by atoms with van der Waals surface area (Å²) in [5.74, 6) is 1.22. The van der Waals surface area contributed by atoms with Crippen molar-refractivity contribution in [2.45, 2.75) is 45.3 Å². The lowest BCUT2D eigenvalue weighted by Crippen LogP contribution is -2.54. The Morgan fingerprint density at radius 3 is 2.59 bits per heavy atom. The van der Waals surface area contributed by atoms with Crippen LogP contribution in [0.3, 0.4) is 0 Å². The van der Waals surface area contributed by atoms with E-state index in [9.17, 15) is 0 Å². The van der Waals surface area contributed by atoms with Gasteiger partial charge in [0, 0.05) is 17.2 Å². The second-order valence-corrected chi connectivity index (χ2v) is 12.4. The Balaban J connectivity index is 2.41. The summed E-state index contributed by atoms with van der Waals surface area (Å²) in [4.78, 5) is 4.63. The van der Waals surface area contributed by atoms with E-state index in [-0.39, 0.29) is 0 Å². The van der Waals surface area contributed by atoms with E-state index >= 15 is 0 Å². The molecule has 1 aliphatic rings. The zero-order valence-corrected chi connectivity index (χ0v) is 13.9. The third-order valence-electron chi connectivity index (χ3n) is 4.28. The Morgan fingerprint density at radius 2 is 2.00 bits per heavy atom. The number of aromatic nitrogens is 1. The molecule has 0 unspecified atom stereocenters. The van der Waals surface area contributed by atoms with Gasteiger partial charge in [-0.2, -0.15) is 0 Å². The summed E-state index contributed by atoms with van der Waals surface area (Å²) in [7, 11) is -1.48. The van der Waals surface area contributed by atoms with Gasteiger partial charge in [0.05, 0.1) is 0 Å². The van der Waals surface area contributed by atoms with Crippen molar-refractivity contribution in [1.29, 1.82) is 0 Å². The van der Waals surface area contributed by atoms with E-state index in [0.717, 1.165) is 17.4 Å². The molecule has 0 radical (unpaired) electrons. The van der Waals surface area contributed by atoms with Crippen LogP contribution in [-0.2, 0) is 6.42 Å². The number of fused-ring (bicyclic) bond motifs is 1. The molecule has 17 heavy (non-hydrogen) atoms. The molecule has 1 aromatic heterocycles. The van der Waals surface area contributed by atoms with Crippen LogP contribution < -0.4 is 4.57 Å². The highest BCUT2D eigenvalue weighted by Gasteiger charge is 2.44. The molecule has 0 spiro atoms. The van der Waals surface area contributed by atoms with E-state index in [1.807, 2.05) is 6.20 Å². The van der Waals surface area contributed by atoms with Gasteiger partial charge in [-0.1, -0.05) is 33.9 Å². The van der Waals surface area contributed by atoms with Gasteiger partial charge in [-0.25, -0.2) is 4.98 Å². The van der Waals surface area contributed by atoms with Crippen LogP contribution in [-0.4, -0.2) is 19.8 Å². The quantitative estimate of drug-likeness (QED) is 0.722. The molecule has 1 aliphatic heterocycles. The molecular formula is C13H21BrN2Si. The number of nitrogens with zero attached hydrogens (tertiary/aromatic N) is 2. The smallest absolute Gasteiger partial charge is 0.157 e. The Bertz CT molecular complexity index is 438. The highest BCUT2D eigenvalue weighted by atomic mass is 79.9. The van der Waals surface area contributed by atoms with Gasteiger partial charge in [0.2, 0.25) is 0 Å². The van der Waals surface area contributed by atoms with E-state index in [2.05, 4.69) is 65.4 Å². The minimum Gasteiger partial charge on any atom is -0.382 e. The molecule has 94 valence electrons. The van der Waals surface area contributed by atoms with Gasteiger partial charge >= 0.3 is 0 Å². The topological polar surface area (TPSA) is 16.1 Å². The van der Waals surface area contributed by atoms with Crippen LogP contribution >= 0.6 is 15.9 Å². The number of pyridine rings is 1. The van der Waals surface area contributed by atoms with Gasteiger partial charge in [0.1, 0.15) is 5.82 Å². The molecule has 0 fully saturated rings. The van der Waals surface area contributed by atoms with Gasteiger partial charge in [-0.3, -0.25) is 0 Å². The molecule has 0 saturated heterocycles. The van der Waals surface area contributed by atoms with Gasteiger partial charge < -0.3 is 4.57 Å². The maximum atomic E-state index is 4.63. The maximum absolute atomic E-state index is 4.63. The van der Waals surface area contributed by atoms with Crippen molar-refractivity contribution in [1.82, 2.24) is 4.98 Å². The highest BCUT2D eigenvalue weighted by molar-refractivity contribution is 9.10. The van der Waals surface area contributed by atoms with Crippen molar-refractivity contribution in [2.24, 2.45) is 0 Å². The summed E-state index contributed by atoms with van der Waals surface area (Å²) in [6, 6.07) is 2.22. The molecule has 4 heteroatoms. The molecule has 2 nitrogen and oxygen atoms in total. The lowest BCUT2D eigenvalue weighted by molar-refractivity contribution is 0.706. The van der Waals surface area contributed by atoms with E-state index in [1.54, 1.807) is 0 Å². The predicted molar refractivity (Wildman–Crippen MR) is 80.2 cm³/mol. The largest absolute Gasteiger partial charge is 0.382 e. The van der Waals surface area contributed by atoms with Crippen molar-refractivity contribution in [3.8, 4) is 0 Å². The monoisotopic (exact) mass is 312 g/mol. The van der Waals surface area contributed by atoms with Crippen LogP contribution in [0.1, 0.15) is 26.3 Å². The molecule has 0 N–H and O–H groups in total. The zero-order valence-electron chi connectivity index (χ0n) is 11.3. The minimum atomic E-state index is -1.48. The van der Waals surface area contributed by atoms with E-state index in [0.29, 0.717) is 5.04 Å². The molecule has 2 heterocycles. The number of rotatable bonds is 1. The summed E-state index contributed by atoms with van der Waals surface area (Å²) in [6.07, 6.45) is 3.05. The first kappa shape index (κ1) is 13.1. The number of halogens is 1. The van der Waals surface area contributed by atoms with E-state index in [1.165, 1.54) is 11.4 Å². The number of anilines is 1. The molecule has 0 saturated carbocycles. The molecule has 0 aromatic carbocycles. The fourth-order valence-electron chi connectivity index (χ4n) is 2.19. The average molecular weight is 313 g/mol. The number of hydrogen-bond acceptors (Lipinski definition) is 2. The average Bonchev–Trinajstić information content (AvgIpc) is 2.58. The van der Waals surface area contributed by atoms with E-state index < -0.39 is 8.24 Å². The summed E-state index contributed by atoms with van der Waals surface area (Å²) in [6.45, 7) is 13.1. The Morgan fingerprint density at radius 1 is 1.35 bits per heavy atom. The standard InChI is InChI=1S/C13H21BrN2Si/c1-13(2,3)17(4,5)16-7-6-10-8-11(14)9-15-12(10)16/h8-9H,6-7H2,1-5H3. The third-order valence-corrected chi connectivity index (χ3v) is 10.2. The summed E-state index contributed by atoms with van der Waals surface area (Å²) in [5.41, 5.74) is 1.39. The van der Waals surface area contributed by atoms with Gasteiger partial charge in [0.25, 0.3) is 0 Å². The molecule has 0 bridgehead atoms. The minimum absolute atomic E-state index is 0.364. The molecule has 0 aliphatic carbocycles. The second kappa shape index (κ2) is 4.09. The normalized spacial score (nSPS) is 16.2. The van der Waals surface area contributed by atoms with Crippen molar-refractivity contribution in [3.63, 3.8) is 0 Å². The lowest BCUT2D eigenvalue weighted by atomic mass is 10.2. The van der Waals surface area contributed by atoms with Crippen molar-refractivity contribution >= 4 is 30.0 Å². The molecule has 0 atom stereocenters. The predicted octanol–water partition coefficient (Wildman–Crippen LogP) is 4.21. The number of hydrogen-bond donors (Lipinski definition) is 0. The molecule has 1 aromatic rings. The Kier molecular flexibility index (Phi) is 3.15. The first-order valence-corrected chi connectivity index (χ1v) is 9.89. The fourth-order valence-corrected chi connectivity index (χ4v) is 4.78. The SMILES string of the molecule is CC(C)(C)[Si](C)(C)N1CCc2cc(Br)cnc21. The van der Waals surface area contributed by atoms with Crippen LogP contribution in [0.2, 0.25) is 18.1 Å². The first-order valence-electron chi connectivity index (χ1n) is 6.15. The molecule has 0 amide bonds. The maximum Gasteiger partial charge on any atom is 0.157 e. The summed E-state index contributed by atoms with van der Waals surface area (Å²) < 4.78 is 3.68. The molecule has 2 rings (SSSR count). The van der Waals surface area contributed by atoms with Crippen LogP contribution in [0.25, 0.3) is 0 Å². The van der Waals surface area contributed by atoms with Crippen molar-refractivity contribution in [2.75, 3.05) is 11.1 Å². The Labute approximate surface area is 114 Å². The first-order chi connectivity index (χ1) is 7.73. The zero-order chi connectivity index (χ0) is 12.8. The second-order valence-electron chi connectivity index (χ2n) is 6.35. The summed E-state index contributed by atoms with van der Waals surface area (Å²) in [5, 5.41) is 0.364. The lowest BCUT2D eigenvalue weighted by Gasteiger charge is -2.44. The van der Waals surface area contributed by atoms with Gasteiger partial charge in [0.15, 0.2) is 8.24 Å². The highest BCUT2D eigenvalue weighted by Crippen LogP contribution is 2.43. The summed E-state index contributed by atoms with van der Waals surface area (Å²) >= 11 is 3.51. The van der Waals surface area contributed by atoms with Crippen LogP contribution in [0.15, 0.2) is 16.7 Å². The van der Waals surface area contributed by atoms with Gasteiger partial charge in [-0.05, 0) is 39.0 Å². The van der Waals surface area contributed by atoms with Gasteiger partial charge in [-0.15, -0.1) is 0 Å². The van der Waals surface area contributed by atoms with Crippen LogP contribution in [0, 0.1) is 0 Å². The van der Waals surface area contributed by atoms with Crippen LogP contribution in [0.4, 0.5) is 5.82 Å². The Hall–Kier alpha value is -0.353. The fraction of sp³-hybridized carbons (Fsp3) is 0.615. The third kappa shape index (κ3) is 2.17. The van der Waals surface area contributed by atoms with Crippen molar-refractivity contribution in [3.05, 3.63) is 22.3 Å². The van der Waals surface area contributed by atoms with E-state index in [4.69, 9.17) is 0 Å². The molecular weight excluding hydrogens is 292 g/mol. The van der Waals surface area contributed by atoms with Crippen molar-refractivity contribution < 1.29 is 0 Å². The van der Waals surface area contributed by atoms with Crippen LogP contribution in [0.5, 0.6) is 0 Å².